The maximum Gasteiger partial charge on any atom is 0.250 e. The van der Waals surface area contributed by atoms with Crippen LogP contribution in [0.4, 0.5) is 0 Å². The standard InChI is InChI=1S/C9H8N4O/c10-9(14)7-3-6(4-11-5-7)8-1-2-12-13-8/h1-5H,(H2,10,14)(H,12,13). The van der Waals surface area contributed by atoms with Gasteiger partial charge in [-0.1, -0.05) is 0 Å². The van der Waals surface area contributed by atoms with Gasteiger partial charge in [0.05, 0.1) is 11.3 Å². The molecule has 0 radical (unpaired) electrons. The Bertz CT molecular complexity index is 450. The number of aromatic nitrogens is 3. The maximum absolute atomic E-state index is 10.9. The van der Waals surface area contributed by atoms with Crippen LogP contribution in [-0.2, 0) is 0 Å². The van der Waals surface area contributed by atoms with Crippen molar-refractivity contribution in [3.05, 3.63) is 36.3 Å². The number of hydrogen-bond donors (Lipinski definition) is 2. The lowest BCUT2D eigenvalue weighted by atomic mass is 10.1. The number of pyridine rings is 1. The summed E-state index contributed by atoms with van der Waals surface area (Å²) < 4.78 is 0. The third-order valence-corrected chi connectivity index (χ3v) is 1.82. The summed E-state index contributed by atoms with van der Waals surface area (Å²) in [4.78, 5) is 14.8. The molecule has 1 amide bonds. The van der Waals surface area contributed by atoms with Crippen LogP contribution >= 0.6 is 0 Å². The van der Waals surface area contributed by atoms with E-state index in [1.807, 2.05) is 0 Å². The second-order valence-corrected chi connectivity index (χ2v) is 2.79. The van der Waals surface area contributed by atoms with E-state index in [-0.39, 0.29) is 0 Å². The van der Waals surface area contributed by atoms with Gasteiger partial charge in [0, 0.05) is 24.2 Å². The first-order chi connectivity index (χ1) is 6.77. The molecule has 3 N–H and O–H groups in total. The summed E-state index contributed by atoms with van der Waals surface area (Å²) in [6, 6.07) is 3.45. The van der Waals surface area contributed by atoms with Crippen molar-refractivity contribution < 1.29 is 4.79 Å². The van der Waals surface area contributed by atoms with E-state index in [4.69, 9.17) is 5.73 Å². The van der Waals surface area contributed by atoms with Gasteiger partial charge in [-0.25, -0.2) is 0 Å². The van der Waals surface area contributed by atoms with Crippen LogP contribution in [0.2, 0.25) is 0 Å². The number of nitrogens with one attached hydrogen (secondary N) is 1. The Morgan fingerprint density at radius 2 is 2.29 bits per heavy atom. The summed E-state index contributed by atoms with van der Waals surface area (Å²) in [5.74, 6) is -0.491. The van der Waals surface area contributed by atoms with Gasteiger partial charge < -0.3 is 5.73 Å². The average molecular weight is 188 g/mol. The smallest absolute Gasteiger partial charge is 0.250 e. The van der Waals surface area contributed by atoms with E-state index >= 15 is 0 Å². The maximum atomic E-state index is 10.9. The quantitative estimate of drug-likeness (QED) is 0.722. The Kier molecular flexibility index (Phi) is 1.98. The monoisotopic (exact) mass is 188 g/mol. The Balaban J connectivity index is 2.46. The van der Waals surface area contributed by atoms with Crippen LogP contribution in [0.15, 0.2) is 30.7 Å². The normalized spacial score (nSPS) is 10.0. The zero-order valence-corrected chi connectivity index (χ0v) is 7.27. The second-order valence-electron chi connectivity index (χ2n) is 2.79. The minimum atomic E-state index is -0.491. The summed E-state index contributed by atoms with van der Waals surface area (Å²) in [6.07, 6.45) is 4.76. The highest BCUT2D eigenvalue weighted by Gasteiger charge is 2.04. The Labute approximate surface area is 80.0 Å². The lowest BCUT2D eigenvalue weighted by Crippen LogP contribution is -2.11. The van der Waals surface area contributed by atoms with Crippen LogP contribution in [0.25, 0.3) is 11.3 Å². The molecule has 0 unspecified atom stereocenters. The number of carbonyl (C=O) groups excluding carboxylic acids is 1. The topological polar surface area (TPSA) is 84.7 Å². The Hall–Kier alpha value is -2.17. The second kappa shape index (κ2) is 3.29. The number of H-pyrrole nitrogens is 1. The van der Waals surface area contributed by atoms with E-state index < -0.39 is 5.91 Å². The number of rotatable bonds is 2. The molecule has 2 heterocycles. The van der Waals surface area contributed by atoms with Crippen LogP contribution in [-0.4, -0.2) is 21.1 Å². The first-order valence-corrected chi connectivity index (χ1v) is 4.02. The lowest BCUT2D eigenvalue weighted by molar-refractivity contribution is 0.1000. The van der Waals surface area contributed by atoms with E-state index in [0.717, 1.165) is 11.3 Å². The largest absolute Gasteiger partial charge is 0.366 e. The molecule has 70 valence electrons. The number of amides is 1. The van der Waals surface area contributed by atoms with Gasteiger partial charge in [0.25, 0.3) is 0 Å². The van der Waals surface area contributed by atoms with Gasteiger partial charge in [-0.05, 0) is 12.1 Å². The molecule has 0 aliphatic rings. The van der Waals surface area contributed by atoms with Crippen LogP contribution < -0.4 is 5.73 Å². The molecule has 2 rings (SSSR count). The molecule has 0 fully saturated rings. The van der Waals surface area contributed by atoms with Crippen molar-refractivity contribution in [3.63, 3.8) is 0 Å². The van der Waals surface area contributed by atoms with Crippen molar-refractivity contribution in [2.24, 2.45) is 5.73 Å². The van der Waals surface area contributed by atoms with Gasteiger partial charge in [0.1, 0.15) is 0 Å². The molecule has 0 aliphatic carbocycles. The molecule has 0 aliphatic heterocycles. The van der Waals surface area contributed by atoms with Crippen molar-refractivity contribution in [3.8, 4) is 11.3 Å². The zero-order valence-electron chi connectivity index (χ0n) is 7.27. The first-order valence-electron chi connectivity index (χ1n) is 4.02. The van der Waals surface area contributed by atoms with Crippen LogP contribution in [0.5, 0.6) is 0 Å². The highest BCUT2D eigenvalue weighted by atomic mass is 16.1. The van der Waals surface area contributed by atoms with E-state index in [9.17, 15) is 4.79 Å². The van der Waals surface area contributed by atoms with E-state index in [0.29, 0.717) is 5.56 Å². The Morgan fingerprint density at radius 3 is 2.93 bits per heavy atom. The van der Waals surface area contributed by atoms with Gasteiger partial charge in [0.15, 0.2) is 0 Å². The molecule has 2 aromatic heterocycles. The van der Waals surface area contributed by atoms with E-state index in [2.05, 4.69) is 15.2 Å². The molecular weight excluding hydrogens is 180 g/mol. The highest BCUT2D eigenvalue weighted by molar-refractivity contribution is 5.93. The van der Waals surface area contributed by atoms with Crippen molar-refractivity contribution in [1.82, 2.24) is 15.2 Å². The van der Waals surface area contributed by atoms with Crippen LogP contribution in [0.1, 0.15) is 10.4 Å². The summed E-state index contributed by atoms with van der Waals surface area (Å²) in [6.45, 7) is 0. The minimum absolute atomic E-state index is 0.380. The molecule has 0 atom stereocenters. The fraction of sp³-hybridized carbons (Fsp3) is 0. The molecule has 0 bridgehead atoms. The molecule has 0 saturated heterocycles. The molecule has 0 spiro atoms. The Morgan fingerprint density at radius 1 is 1.43 bits per heavy atom. The molecule has 5 heteroatoms. The van der Waals surface area contributed by atoms with Crippen molar-refractivity contribution in [2.75, 3.05) is 0 Å². The van der Waals surface area contributed by atoms with Crippen LogP contribution in [0.3, 0.4) is 0 Å². The molecule has 2 aromatic rings. The van der Waals surface area contributed by atoms with E-state index in [1.165, 1.54) is 6.20 Å². The van der Waals surface area contributed by atoms with Gasteiger partial charge in [-0.2, -0.15) is 5.10 Å². The number of nitrogens with two attached hydrogens (primary N) is 1. The first kappa shape index (κ1) is 8.43. The third kappa shape index (κ3) is 1.47. The molecule has 0 saturated carbocycles. The minimum Gasteiger partial charge on any atom is -0.366 e. The van der Waals surface area contributed by atoms with Gasteiger partial charge in [-0.15, -0.1) is 0 Å². The van der Waals surface area contributed by atoms with E-state index in [1.54, 1.807) is 24.5 Å². The van der Waals surface area contributed by atoms with Gasteiger partial charge >= 0.3 is 0 Å². The lowest BCUT2D eigenvalue weighted by Gasteiger charge is -1.97. The van der Waals surface area contributed by atoms with Crippen molar-refractivity contribution >= 4 is 5.91 Å². The number of nitrogens with zero attached hydrogens (tertiary/aromatic N) is 2. The third-order valence-electron chi connectivity index (χ3n) is 1.82. The molecule has 5 nitrogen and oxygen atoms in total. The average Bonchev–Trinajstić information content (AvgIpc) is 2.71. The number of aromatic amines is 1. The van der Waals surface area contributed by atoms with Gasteiger partial charge in [-0.3, -0.25) is 14.9 Å². The number of hydrogen-bond acceptors (Lipinski definition) is 3. The van der Waals surface area contributed by atoms with Crippen molar-refractivity contribution in [2.45, 2.75) is 0 Å². The van der Waals surface area contributed by atoms with Crippen LogP contribution in [0, 0.1) is 0 Å². The SMILES string of the molecule is NC(=O)c1cncc(-c2cc[nH]n2)c1. The summed E-state index contributed by atoms with van der Waals surface area (Å²) in [5.41, 5.74) is 7.01. The summed E-state index contributed by atoms with van der Waals surface area (Å²) >= 11 is 0. The summed E-state index contributed by atoms with van der Waals surface area (Å²) in [5, 5.41) is 6.65. The fourth-order valence-corrected chi connectivity index (χ4v) is 1.14. The highest BCUT2D eigenvalue weighted by Crippen LogP contribution is 2.15. The molecule has 14 heavy (non-hydrogen) atoms. The van der Waals surface area contributed by atoms with Gasteiger partial charge in [0.2, 0.25) is 5.91 Å². The summed E-state index contributed by atoms with van der Waals surface area (Å²) in [7, 11) is 0. The van der Waals surface area contributed by atoms with Crippen molar-refractivity contribution in [1.29, 1.82) is 0 Å². The predicted molar refractivity (Wildman–Crippen MR) is 50.3 cm³/mol. The molecule has 0 aromatic carbocycles. The zero-order chi connectivity index (χ0) is 9.97. The molecular formula is C9H8N4O. The number of carbonyl (C=O) groups is 1. The number of primary amides is 1. The predicted octanol–water partition coefficient (Wildman–Crippen LogP) is 0.571. The fourth-order valence-electron chi connectivity index (χ4n) is 1.14.